The molecule has 2 aromatic carbocycles. The lowest BCUT2D eigenvalue weighted by molar-refractivity contribution is 0.471. The van der Waals surface area contributed by atoms with Gasteiger partial charge in [0.25, 0.3) is 0 Å². The van der Waals surface area contributed by atoms with Gasteiger partial charge in [-0.25, -0.2) is 0 Å². The number of benzene rings is 2. The zero-order valence-corrected chi connectivity index (χ0v) is 8.99. The molecule has 0 heterocycles. The van der Waals surface area contributed by atoms with E-state index in [0.717, 1.165) is 11.1 Å². The van der Waals surface area contributed by atoms with Crippen LogP contribution in [0.2, 0.25) is 0 Å². The number of hydrogen-bond acceptors (Lipinski definition) is 1. The summed E-state index contributed by atoms with van der Waals surface area (Å²) in [6, 6.07) is 14.0. The van der Waals surface area contributed by atoms with Crippen LogP contribution in [-0.4, -0.2) is 5.11 Å². The number of aromatic hydroxyl groups is 1. The Morgan fingerprint density at radius 2 is 1.60 bits per heavy atom. The molecule has 0 radical (unpaired) electrons. The fraction of sp³-hybridized carbons (Fsp3) is 0.143. The molecular formula is C14H14O. The maximum atomic E-state index is 9.65. The predicted molar refractivity (Wildman–Crippen MR) is 63.0 cm³/mol. The first-order chi connectivity index (χ1) is 7.18. The van der Waals surface area contributed by atoms with E-state index in [2.05, 4.69) is 19.1 Å². The van der Waals surface area contributed by atoms with Crippen LogP contribution in [0.1, 0.15) is 11.1 Å². The fourth-order valence-corrected chi connectivity index (χ4v) is 1.67. The van der Waals surface area contributed by atoms with Crippen molar-refractivity contribution >= 4 is 0 Å². The third kappa shape index (κ3) is 1.86. The Labute approximate surface area is 90.0 Å². The molecule has 1 nitrogen and oxygen atoms in total. The maximum Gasteiger partial charge on any atom is 0.119 e. The zero-order chi connectivity index (χ0) is 10.8. The monoisotopic (exact) mass is 198 g/mol. The van der Waals surface area contributed by atoms with Crippen molar-refractivity contribution in [1.82, 2.24) is 0 Å². The predicted octanol–water partition coefficient (Wildman–Crippen LogP) is 3.68. The molecular weight excluding hydrogens is 184 g/mol. The molecule has 0 saturated carbocycles. The van der Waals surface area contributed by atoms with Gasteiger partial charge in [0.1, 0.15) is 5.75 Å². The molecule has 0 unspecified atom stereocenters. The first-order valence-electron chi connectivity index (χ1n) is 5.04. The van der Waals surface area contributed by atoms with Crippen molar-refractivity contribution in [2.45, 2.75) is 13.8 Å². The smallest absolute Gasteiger partial charge is 0.119 e. The summed E-state index contributed by atoms with van der Waals surface area (Å²) in [6.07, 6.45) is 0. The summed E-state index contributed by atoms with van der Waals surface area (Å²) < 4.78 is 0. The molecule has 0 aliphatic heterocycles. The largest absolute Gasteiger partial charge is 0.508 e. The minimum Gasteiger partial charge on any atom is -0.508 e. The lowest BCUT2D eigenvalue weighted by Gasteiger charge is -2.07. The van der Waals surface area contributed by atoms with E-state index < -0.39 is 0 Å². The Hall–Kier alpha value is -1.76. The summed E-state index contributed by atoms with van der Waals surface area (Å²) in [7, 11) is 0. The molecule has 2 rings (SSSR count). The van der Waals surface area contributed by atoms with Crippen molar-refractivity contribution in [1.29, 1.82) is 0 Å². The lowest BCUT2D eigenvalue weighted by atomic mass is 9.99. The lowest BCUT2D eigenvalue weighted by Crippen LogP contribution is -1.83. The SMILES string of the molecule is Cc1ccc(-c2ccccc2C)cc1O. The summed E-state index contributed by atoms with van der Waals surface area (Å²) >= 11 is 0. The number of aryl methyl sites for hydroxylation is 2. The van der Waals surface area contributed by atoms with E-state index in [9.17, 15) is 5.11 Å². The molecule has 0 aliphatic rings. The summed E-state index contributed by atoms with van der Waals surface area (Å²) in [5.41, 5.74) is 4.37. The third-order valence-electron chi connectivity index (χ3n) is 2.67. The van der Waals surface area contributed by atoms with Crippen LogP contribution in [0.15, 0.2) is 42.5 Å². The molecule has 15 heavy (non-hydrogen) atoms. The Morgan fingerprint density at radius 3 is 2.27 bits per heavy atom. The molecule has 0 bridgehead atoms. The average Bonchev–Trinajstić information content (AvgIpc) is 2.23. The van der Waals surface area contributed by atoms with Crippen molar-refractivity contribution in [3.63, 3.8) is 0 Å². The molecule has 0 aromatic heterocycles. The van der Waals surface area contributed by atoms with E-state index in [0.29, 0.717) is 5.75 Å². The molecule has 0 spiro atoms. The quantitative estimate of drug-likeness (QED) is 0.741. The van der Waals surface area contributed by atoms with Gasteiger partial charge in [-0.2, -0.15) is 0 Å². The van der Waals surface area contributed by atoms with Crippen LogP contribution in [0.4, 0.5) is 0 Å². The molecule has 0 amide bonds. The van der Waals surface area contributed by atoms with Gasteiger partial charge in [0.05, 0.1) is 0 Å². The third-order valence-corrected chi connectivity index (χ3v) is 2.67. The van der Waals surface area contributed by atoms with Gasteiger partial charge < -0.3 is 5.11 Å². The molecule has 2 aromatic rings. The van der Waals surface area contributed by atoms with Crippen LogP contribution in [0.5, 0.6) is 5.75 Å². The van der Waals surface area contributed by atoms with Crippen molar-refractivity contribution in [3.05, 3.63) is 53.6 Å². The highest BCUT2D eigenvalue weighted by atomic mass is 16.3. The summed E-state index contributed by atoms with van der Waals surface area (Å²) in [6.45, 7) is 3.98. The molecule has 76 valence electrons. The van der Waals surface area contributed by atoms with Crippen LogP contribution in [0.25, 0.3) is 11.1 Å². The first-order valence-corrected chi connectivity index (χ1v) is 5.04. The highest BCUT2D eigenvalue weighted by Gasteiger charge is 2.03. The molecule has 0 aliphatic carbocycles. The highest BCUT2D eigenvalue weighted by Crippen LogP contribution is 2.27. The Bertz CT molecular complexity index is 486. The second-order valence-electron chi connectivity index (χ2n) is 3.82. The molecule has 1 N–H and O–H groups in total. The van der Waals surface area contributed by atoms with Crippen LogP contribution < -0.4 is 0 Å². The summed E-state index contributed by atoms with van der Waals surface area (Å²) in [5, 5.41) is 9.65. The highest BCUT2D eigenvalue weighted by molar-refractivity contribution is 5.68. The van der Waals surface area contributed by atoms with Crippen molar-refractivity contribution < 1.29 is 5.11 Å². The van der Waals surface area contributed by atoms with Crippen molar-refractivity contribution in [3.8, 4) is 16.9 Å². The van der Waals surface area contributed by atoms with E-state index >= 15 is 0 Å². The van der Waals surface area contributed by atoms with E-state index in [1.807, 2.05) is 37.3 Å². The van der Waals surface area contributed by atoms with E-state index in [-0.39, 0.29) is 0 Å². The van der Waals surface area contributed by atoms with Crippen LogP contribution in [0, 0.1) is 13.8 Å². The van der Waals surface area contributed by atoms with Crippen LogP contribution in [0.3, 0.4) is 0 Å². The second-order valence-corrected chi connectivity index (χ2v) is 3.82. The Morgan fingerprint density at radius 1 is 0.867 bits per heavy atom. The van der Waals surface area contributed by atoms with Crippen molar-refractivity contribution in [2.24, 2.45) is 0 Å². The average molecular weight is 198 g/mol. The van der Waals surface area contributed by atoms with Gasteiger partial charge in [-0.05, 0) is 42.2 Å². The maximum absolute atomic E-state index is 9.65. The standard InChI is InChI=1S/C14H14O/c1-10-5-3-4-6-13(10)12-8-7-11(2)14(15)9-12/h3-9,15H,1-2H3. The van der Waals surface area contributed by atoms with Gasteiger partial charge in [-0.15, -0.1) is 0 Å². The molecule has 1 heteroatoms. The fourth-order valence-electron chi connectivity index (χ4n) is 1.67. The summed E-state index contributed by atoms with van der Waals surface area (Å²) in [5.74, 6) is 0.357. The van der Waals surface area contributed by atoms with Crippen LogP contribution >= 0.6 is 0 Å². The summed E-state index contributed by atoms with van der Waals surface area (Å²) in [4.78, 5) is 0. The zero-order valence-electron chi connectivity index (χ0n) is 8.99. The number of hydrogen-bond donors (Lipinski definition) is 1. The second kappa shape index (κ2) is 3.77. The minimum absolute atomic E-state index is 0.357. The van der Waals surface area contributed by atoms with E-state index in [1.54, 1.807) is 0 Å². The van der Waals surface area contributed by atoms with Gasteiger partial charge in [0.2, 0.25) is 0 Å². The van der Waals surface area contributed by atoms with Gasteiger partial charge in [0.15, 0.2) is 0 Å². The molecule has 0 atom stereocenters. The Kier molecular flexibility index (Phi) is 2.46. The Balaban J connectivity index is 2.55. The number of phenols is 1. The van der Waals surface area contributed by atoms with Crippen molar-refractivity contribution in [2.75, 3.05) is 0 Å². The topological polar surface area (TPSA) is 20.2 Å². The van der Waals surface area contributed by atoms with Gasteiger partial charge in [-0.3, -0.25) is 0 Å². The first kappa shape index (κ1) is 9.78. The molecule has 0 saturated heterocycles. The molecule has 0 fully saturated rings. The van der Waals surface area contributed by atoms with Gasteiger partial charge >= 0.3 is 0 Å². The minimum atomic E-state index is 0.357. The van der Waals surface area contributed by atoms with Crippen LogP contribution in [-0.2, 0) is 0 Å². The number of rotatable bonds is 1. The van der Waals surface area contributed by atoms with E-state index in [4.69, 9.17) is 0 Å². The van der Waals surface area contributed by atoms with E-state index in [1.165, 1.54) is 11.1 Å². The van der Waals surface area contributed by atoms with Gasteiger partial charge in [0, 0.05) is 0 Å². The van der Waals surface area contributed by atoms with Gasteiger partial charge in [-0.1, -0.05) is 36.4 Å². The number of phenolic OH excluding ortho intramolecular Hbond substituents is 1. The normalized spacial score (nSPS) is 10.3.